The highest BCUT2D eigenvalue weighted by Crippen LogP contribution is 2.72. The lowest BCUT2D eigenvalue weighted by Gasteiger charge is -2.67. The summed E-state index contributed by atoms with van der Waals surface area (Å²) in [7, 11) is 0. The summed E-state index contributed by atoms with van der Waals surface area (Å²) in [5.74, 6) is 0.287. The molecule has 0 spiro atoms. The van der Waals surface area contributed by atoms with Crippen LogP contribution in [0.25, 0.3) is 0 Å². The first kappa shape index (κ1) is 32.6. The summed E-state index contributed by atoms with van der Waals surface area (Å²) >= 11 is 0. The zero-order valence-electron chi connectivity index (χ0n) is 28.3. The molecule has 3 saturated carbocycles. The van der Waals surface area contributed by atoms with E-state index in [1.807, 2.05) is 50.3 Å². The lowest BCUT2D eigenvalue weighted by atomic mass is 9.36. The van der Waals surface area contributed by atoms with E-state index >= 15 is 0 Å². The van der Waals surface area contributed by atoms with Gasteiger partial charge in [-0.25, -0.2) is 0 Å². The number of esters is 1. The van der Waals surface area contributed by atoms with Crippen LogP contribution in [0, 0.1) is 61.6 Å². The number of ether oxygens (including phenoxy) is 1. The first-order valence-corrected chi connectivity index (χ1v) is 16.8. The highest BCUT2D eigenvalue weighted by molar-refractivity contribution is 6.04. The van der Waals surface area contributed by atoms with E-state index in [9.17, 15) is 19.6 Å². The van der Waals surface area contributed by atoms with Crippen molar-refractivity contribution in [2.24, 2.45) is 50.2 Å². The average molecular weight is 600 g/mol. The van der Waals surface area contributed by atoms with Crippen molar-refractivity contribution in [1.29, 1.82) is 5.26 Å². The fourth-order valence-electron chi connectivity index (χ4n) is 10.8. The molecule has 1 aromatic carbocycles. The van der Waals surface area contributed by atoms with Crippen LogP contribution in [0.1, 0.15) is 119 Å². The fraction of sp³-hybridized carbons (Fsp3) is 0.692. The molecule has 3 fully saturated rings. The van der Waals surface area contributed by atoms with Gasteiger partial charge in [-0.05, 0) is 103 Å². The van der Waals surface area contributed by atoms with Crippen LogP contribution in [0.2, 0.25) is 0 Å². The van der Waals surface area contributed by atoms with Crippen molar-refractivity contribution in [2.45, 2.75) is 120 Å². The minimum absolute atomic E-state index is 0.0129. The van der Waals surface area contributed by atoms with Crippen molar-refractivity contribution in [3.63, 3.8) is 0 Å². The number of allylic oxidation sites excluding steroid dienone is 2. The quantitative estimate of drug-likeness (QED) is 0.305. The van der Waals surface area contributed by atoms with Crippen molar-refractivity contribution >= 4 is 17.5 Å². The molecule has 5 rings (SSSR count). The Kier molecular flexibility index (Phi) is 8.13. The van der Waals surface area contributed by atoms with Crippen LogP contribution in [0.5, 0.6) is 0 Å². The predicted molar refractivity (Wildman–Crippen MR) is 172 cm³/mol. The smallest absolute Gasteiger partial charge is 0.312 e. The summed E-state index contributed by atoms with van der Waals surface area (Å²) in [6, 6.07) is 12.2. The van der Waals surface area contributed by atoms with Gasteiger partial charge in [-0.15, -0.1) is 0 Å². The maximum Gasteiger partial charge on any atom is 0.312 e. The van der Waals surface area contributed by atoms with Gasteiger partial charge in [0, 0.05) is 11.8 Å². The number of nitrogens with zero attached hydrogens (tertiary/aromatic N) is 1. The normalized spacial score (nSPS) is 39.2. The SMILES string of the molecule is CC(=O)C[C@@H]1[C@@]2(C)C=C(C#N)C(=O)C(C)(C)[C@@H]2CC[C@@]1(C)[C@]1(C)CC[C@@]2(C(=O)OCc3ccccc3)CCC(C)(C)CC2C1. The van der Waals surface area contributed by atoms with Crippen molar-refractivity contribution in [3.8, 4) is 6.07 Å². The van der Waals surface area contributed by atoms with Gasteiger partial charge >= 0.3 is 5.97 Å². The Balaban J connectivity index is 1.52. The highest BCUT2D eigenvalue weighted by atomic mass is 16.5. The van der Waals surface area contributed by atoms with E-state index in [0.717, 1.165) is 56.9 Å². The van der Waals surface area contributed by atoms with E-state index in [0.29, 0.717) is 13.0 Å². The monoisotopic (exact) mass is 599 g/mol. The van der Waals surface area contributed by atoms with Gasteiger partial charge in [0.05, 0.1) is 11.0 Å². The summed E-state index contributed by atoms with van der Waals surface area (Å²) < 4.78 is 6.10. The Hall–Kier alpha value is -2.74. The number of rotatable bonds is 6. The number of nitriles is 1. The van der Waals surface area contributed by atoms with Gasteiger partial charge in [0.25, 0.3) is 0 Å². The summed E-state index contributed by atoms with van der Waals surface area (Å²) in [6.07, 6.45) is 9.64. The van der Waals surface area contributed by atoms with Crippen molar-refractivity contribution < 1.29 is 19.1 Å². The first-order chi connectivity index (χ1) is 20.4. The predicted octanol–water partition coefficient (Wildman–Crippen LogP) is 8.81. The first-order valence-electron chi connectivity index (χ1n) is 16.8. The van der Waals surface area contributed by atoms with E-state index < -0.39 is 16.2 Å². The van der Waals surface area contributed by atoms with Gasteiger partial charge in [0.1, 0.15) is 18.5 Å². The summed E-state index contributed by atoms with van der Waals surface area (Å²) in [4.78, 5) is 40.5. The third-order valence-electron chi connectivity index (χ3n) is 13.6. The van der Waals surface area contributed by atoms with Crippen molar-refractivity contribution in [2.75, 3.05) is 0 Å². The van der Waals surface area contributed by atoms with Crippen molar-refractivity contribution in [1.82, 2.24) is 0 Å². The number of hydrogen-bond donors (Lipinski definition) is 0. The van der Waals surface area contributed by atoms with Gasteiger partial charge < -0.3 is 9.53 Å². The lowest BCUT2D eigenvalue weighted by Crippen LogP contribution is -2.62. The summed E-state index contributed by atoms with van der Waals surface area (Å²) in [5, 5.41) is 10.0. The number of carbonyl (C=O) groups is 3. The molecule has 1 unspecified atom stereocenters. The van der Waals surface area contributed by atoms with Crippen LogP contribution in [0.15, 0.2) is 42.0 Å². The van der Waals surface area contributed by atoms with Gasteiger partial charge in [-0.1, -0.05) is 84.9 Å². The van der Waals surface area contributed by atoms with Gasteiger partial charge in [0.2, 0.25) is 0 Å². The van der Waals surface area contributed by atoms with Crippen LogP contribution < -0.4 is 0 Å². The topological polar surface area (TPSA) is 84.2 Å². The lowest BCUT2D eigenvalue weighted by molar-refractivity contribution is -0.192. The van der Waals surface area contributed by atoms with E-state index in [-0.39, 0.29) is 57.1 Å². The molecule has 0 radical (unpaired) electrons. The number of hydrogen-bond acceptors (Lipinski definition) is 5. The molecule has 0 bridgehead atoms. The molecular weight excluding hydrogens is 546 g/mol. The maximum atomic E-state index is 14.1. The molecule has 0 saturated heterocycles. The second-order valence-corrected chi connectivity index (χ2v) is 17.1. The minimum Gasteiger partial charge on any atom is -0.460 e. The molecule has 0 aliphatic heterocycles. The number of carbonyl (C=O) groups excluding carboxylic acids is 3. The molecule has 5 heteroatoms. The third-order valence-corrected chi connectivity index (χ3v) is 13.6. The highest BCUT2D eigenvalue weighted by Gasteiger charge is 2.67. The largest absolute Gasteiger partial charge is 0.460 e. The molecule has 5 nitrogen and oxygen atoms in total. The molecule has 4 aliphatic carbocycles. The van der Waals surface area contributed by atoms with Crippen molar-refractivity contribution in [3.05, 3.63) is 47.5 Å². The molecule has 0 heterocycles. The molecule has 0 amide bonds. The molecule has 238 valence electrons. The van der Waals surface area contributed by atoms with Crippen LogP contribution in [-0.2, 0) is 25.7 Å². The van der Waals surface area contributed by atoms with Gasteiger partial charge in [-0.3, -0.25) is 9.59 Å². The third kappa shape index (κ3) is 5.09. The van der Waals surface area contributed by atoms with Gasteiger partial charge in [0.15, 0.2) is 5.78 Å². The van der Waals surface area contributed by atoms with Crippen LogP contribution in [0.3, 0.4) is 0 Å². The number of benzene rings is 1. The minimum atomic E-state index is -0.663. The molecule has 7 atom stereocenters. The van der Waals surface area contributed by atoms with Crippen LogP contribution in [-0.4, -0.2) is 17.5 Å². The van der Waals surface area contributed by atoms with E-state index in [1.165, 1.54) is 0 Å². The Morgan fingerprint density at radius 1 is 0.932 bits per heavy atom. The number of Topliss-reactive ketones (excluding diaryl/α,β-unsaturated/α-hetero) is 2. The van der Waals surface area contributed by atoms with Crippen LogP contribution in [0.4, 0.5) is 0 Å². The molecule has 4 aliphatic rings. The number of fused-ring (bicyclic) bond motifs is 2. The zero-order chi connectivity index (χ0) is 32.3. The second-order valence-electron chi connectivity index (χ2n) is 17.1. The standard InChI is InChI=1S/C39H53NO4/c1-26(41)20-31-37(7)21-28(24-40)32(42)35(4,5)30(37)14-15-38(31,8)36(6)17-19-39(18-16-34(2,3)22-29(39)23-36)33(43)44-25-27-12-10-9-11-13-27/h9-13,21,29-31H,14-20,22-23,25H2,1-8H3/t29?,30-,31+,36+,37-,38+,39-/m0/s1. The summed E-state index contributed by atoms with van der Waals surface area (Å²) in [6.45, 7) is 17.7. The Morgan fingerprint density at radius 2 is 1.59 bits per heavy atom. The maximum absolute atomic E-state index is 14.1. The van der Waals surface area contributed by atoms with E-state index in [2.05, 4.69) is 40.7 Å². The second kappa shape index (κ2) is 11.0. The van der Waals surface area contributed by atoms with E-state index in [4.69, 9.17) is 4.74 Å². The van der Waals surface area contributed by atoms with E-state index in [1.54, 1.807) is 6.92 Å². The van der Waals surface area contributed by atoms with Gasteiger partial charge in [-0.2, -0.15) is 5.26 Å². The van der Waals surface area contributed by atoms with Crippen LogP contribution >= 0.6 is 0 Å². The average Bonchev–Trinajstić information content (AvgIpc) is 2.95. The molecule has 0 N–H and O–H groups in total. The Morgan fingerprint density at radius 3 is 2.23 bits per heavy atom. The molecular formula is C39H53NO4. The Bertz CT molecular complexity index is 1400. The molecule has 1 aromatic rings. The Labute approximate surface area is 265 Å². The summed E-state index contributed by atoms with van der Waals surface area (Å²) in [5.41, 5.74) is -0.530. The zero-order valence-corrected chi connectivity index (χ0v) is 28.3. The molecule has 0 aromatic heterocycles. The number of ketones is 2. The fourth-order valence-corrected chi connectivity index (χ4v) is 10.8. The molecule has 44 heavy (non-hydrogen) atoms.